The van der Waals surface area contributed by atoms with Crippen LogP contribution in [-0.4, -0.2) is 63.4 Å². The van der Waals surface area contributed by atoms with Gasteiger partial charge in [-0.3, -0.25) is 4.79 Å². The predicted molar refractivity (Wildman–Crippen MR) is 148 cm³/mol. The molecule has 3 heterocycles. The van der Waals surface area contributed by atoms with Gasteiger partial charge in [-0.1, -0.05) is 20.8 Å². The Balaban J connectivity index is 1.71. The van der Waals surface area contributed by atoms with Crippen LogP contribution in [0, 0.1) is 12.8 Å². The number of H-pyrrole nitrogens is 1. The molecule has 0 spiro atoms. The number of aromatic amines is 1. The number of hydrogen-bond donors (Lipinski definition) is 2. The number of urea groups is 1. The summed E-state index contributed by atoms with van der Waals surface area (Å²) in [5, 5.41) is 7.86. The van der Waals surface area contributed by atoms with Crippen molar-refractivity contribution < 1.29 is 14.3 Å². The Morgan fingerprint density at radius 2 is 2.08 bits per heavy atom. The lowest BCUT2D eigenvalue weighted by Gasteiger charge is -2.25. The maximum Gasteiger partial charge on any atom is 0.321 e. The van der Waals surface area contributed by atoms with E-state index in [9.17, 15) is 9.59 Å². The van der Waals surface area contributed by atoms with Crippen molar-refractivity contribution in [2.45, 2.75) is 66.2 Å². The lowest BCUT2D eigenvalue weighted by molar-refractivity contribution is 0.169. The first-order chi connectivity index (χ1) is 18.4. The molecule has 0 saturated carbocycles. The first-order valence-electron chi connectivity index (χ1n) is 13.8. The van der Waals surface area contributed by atoms with E-state index in [1.54, 1.807) is 16.6 Å². The minimum absolute atomic E-state index is 0.160. The summed E-state index contributed by atoms with van der Waals surface area (Å²) in [6, 6.07) is 5.25. The molecule has 1 unspecified atom stereocenters. The molecule has 3 aromatic rings. The Morgan fingerprint density at radius 3 is 2.74 bits per heavy atom. The van der Waals surface area contributed by atoms with Crippen LogP contribution in [0.4, 0.5) is 10.5 Å². The summed E-state index contributed by atoms with van der Waals surface area (Å²) < 4.78 is 13.1. The van der Waals surface area contributed by atoms with Crippen LogP contribution in [0.15, 0.2) is 23.0 Å². The maximum atomic E-state index is 13.2. The van der Waals surface area contributed by atoms with Gasteiger partial charge in [0.05, 0.1) is 24.5 Å². The average Bonchev–Trinajstić information content (AvgIpc) is 3.53. The molecule has 0 radical (unpaired) electrons. The molecule has 38 heavy (non-hydrogen) atoms. The molecule has 206 valence electrons. The smallest absolute Gasteiger partial charge is 0.321 e. The third-order valence-corrected chi connectivity index (χ3v) is 7.12. The lowest BCUT2D eigenvalue weighted by Crippen LogP contribution is -2.39. The van der Waals surface area contributed by atoms with Crippen molar-refractivity contribution in [3.63, 3.8) is 0 Å². The predicted octanol–water partition coefficient (Wildman–Crippen LogP) is 4.98. The summed E-state index contributed by atoms with van der Waals surface area (Å²) in [7, 11) is 0. The molecule has 4 rings (SSSR count). The second-order valence-corrected chi connectivity index (χ2v) is 9.88. The van der Waals surface area contributed by atoms with Gasteiger partial charge in [0, 0.05) is 37.2 Å². The highest BCUT2D eigenvalue weighted by Gasteiger charge is 2.24. The van der Waals surface area contributed by atoms with E-state index in [1.165, 1.54) is 0 Å². The zero-order valence-corrected chi connectivity index (χ0v) is 23.2. The number of imidazole rings is 1. The number of amides is 2. The molecule has 0 aliphatic carbocycles. The fourth-order valence-electron chi connectivity index (χ4n) is 5.09. The van der Waals surface area contributed by atoms with Crippen molar-refractivity contribution in [1.29, 1.82) is 0 Å². The van der Waals surface area contributed by atoms with Crippen molar-refractivity contribution in [2.24, 2.45) is 5.92 Å². The third-order valence-electron chi connectivity index (χ3n) is 7.12. The van der Waals surface area contributed by atoms with Crippen molar-refractivity contribution in [2.75, 3.05) is 38.2 Å². The third kappa shape index (κ3) is 5.85. The number of benzene rings is 1. The Kier molecular flexibility index (Phi) is 9.04. The monoisotopic (exact) mass is 524 g/mol. The molecule has 2 aromatic heterocycles. The summed E-state index contributed by atoms with van der Waals surface area (Å²) in [4.78, 5) is 35.9. The van der Waals surface area contributed by atoms with Crippen LogP contribution < -0.4 is 15.6 Å². The van der Waals surface area contributed by atoms with Crippen molar-refractivity contribution in [1.82, 2.24) is 24.5 Å². The Bertz CT molecular complexity index is 1310. The Hall–Kier alpha value is -3.40. The number of ether oxygens (including phenoxy) is 2. The van der Waals surface area contributed by atoms with E-state index in [-0.39, 0.29) is 17.5 Å². The van der Waals surface area contributed by atoms with E-state index >= 15 is 0 Å². The lowest BCUT2D eigenvalue weighted by atomic mass is 10.0. The number of fused-ring (bicyclic) bond motifs is 1. The molecule has 10 nitrogen and oxygen atoms in total. The van der Waals surface area contributed by atoms with Gasteiger partial charge in [0.1, 0.15) is 11.6 Å². The number of nitrogens with one attached hydrogen (secondary N) is 2. The van der Waals surface area contributed by atoms with Gasteiger partial charge in [0.25, 0.3) is 5.56 Å². The topological polar surface area (TPSA) is 114 Å². The molecule has 1 saturated heterocycles. The second kappa shape index (κ2) is 12.4. The van der Waals surface area contributed by atoms with Crippen molar-refractivity contribution in [3.05, 3.63) is 40.1 Å². The normalized spacial score (nSPS) is 15.4. The van der Waals surface area contributed by atoms with Crippen LogP contribution in [0.2, 0.25) is 0 Å². The summed E-state index contributed by atoms with van der Waals surface area (Å²) in [6.07, 6.45) is 3.62. The molecular weight excluding hydrogens is 484 g/mol. The summed E-state index contributed by atoms with van der Waals surface area (Å²) in [5.41, 5.74) is 2.03. The highest BCUT2D eigenvalue weighted by Crippen LogP contribution is 2.31. The SMILES string of the molecule is CCCN(CC1CCOC1)C(=O)Nc1ccc(OCC)c(-c2nn3c(C(CC)CC)nc(C)c3c(=O)[nH]2)c1. The van der Waals surface area contributed by atoms with Gasteiger partial charge in [-0.15, -0.1) is 5.10 Å². The molecule has 1 fully saturated rings. The number of hydrogen-bond acceptors (Lipinski definition) is 6. The summed E-state index contributed by atoms with van der Waals surface area (Å²) in [5.74, 6) is 2.25. The van der Waals surface area contributed by atoms with Crippen molar-refractivity contribution in [3.8, 4) is 17.1 Å². The van der Waals surface area contributed by atoms with Gasteiger partial charge in [0.15, 0.2) is 11.3 Å². The fraction of sp³-hybridized carbons (Fsp3) is 0.571. The molecule has 1 aliphatic heterocycles. The highest BCUT2D eigenvalue weighted by atomic mass is 16.5. The van der Waals surface area contributed by atoms with E-state index in [1.807, 2.05) is 24.8 Å². The van der Waals surface area contributed by atoms with Crippen LogP contribution >= 0.6 is 0 Å². The van der Waals surface area contributed by atoms with Gasteiger partial charge < -0.3 is 24.7 Å². The number of aryl methyl sites for hydroxylation is 1. The zero-order valence-electron chi connectivity index (χ0n) is 23.2. The van der Waals surface area contributed by atoms with Gasteiger partial charge >= 0.3 is 6.03 Å². The molecule has 0 bridgehead atoms. The molecule has 1 aromatic carbocycles. The molecular formula is C28H40N6O4. The quantitative estimate of drug-likeness (QED) is 0.366. The van der Waals surface area contributed by atoms with E-state index < -0.39 is 0 Å². The van der Waals surface area contributed by atoms with Gasteiger partial charge in [-0.25, -0.2) is 14.3 Å². The standard InChI is InChI=1S/C28H40N6O4/c1-6-13-33(16-19-12-14-37-17-19)28(36)30-21-10-11-23(38-9-4)22(15-21)25-31-27(35)24-18(5)29-26(34(24)32-25)20(7-2)8-3/h10-11,15,19-20H,6-9,12-14,16-17H2,1-5H3,(H,30,36)(H,31,32,35). The van der Waals surface area contributed by atoms with E-state index in [4.69, 9.17) is 19.6 Å². The van der Waals surface area contributed by atoms with E-state index in [2.05, 4.69) is 31.1 Å². The van der Waals surface area contributed by atoms with Crippen molar-refractivity contribution >= 4 is 17.2 Å². The van der Waals surface area contributed by atoms with Crippen LogP contribution in [0.1, 0.15) is 70.8 Å². The molecule has 10 heteroatoms. The molecule has 1 atom stereocenters. The summed E-state index contributed by atoms with van der Waals surface area (Å²) in [6.45, 7) is 13.2. The largest absolute Gasteiger partial charge is 0.493 e. The Labute approximate surface area is 223 Å². The van der Waals surface area contributed by atoms with Gasteiger partial charge in [0.2, 0.25) is 0 Å². The number of anilines is 1. The summed E-state index contributed by atoms with van der Waals surface area (Å²) >= 11 is 0. The number of nitrogens with zero attached hydrogens (tertiary/aromatic N) is 4. The minimum atomic E-state index is -0.262. The average molecular weight is 525 g/mol. The van der Waals surface area contributed by atoms with Crippen LogP contribution in [0.5, 0.6) is 5.75 Å². The first kappa shape index (κ1) is 27.6. The zero-order chi connectivity index (χ0) is 27.2. The van der Waals surface area contributed by atoms with E-state index in [0.717, 1.165) is 38.1 Å². The van der Waals surface area contributed by atoms with Crippen LogP contribution in [0.3, 0.4) is 0 Å². The fourth-order valence-corrected chi connectivity index (χ4v) is 5.09. The number of carbonyl (C=O) groups is 1. The highest BCUT2D eigenvalue weighted by molar-refractivity contribution is 5.90. The number of carbonyl (C=O) groups excluding carboxylic acids is 1. The van der Waals surface area contributed by atoms with Crippen LogP contribution in [-0.2, 0) is 4.74 Å². The molecule has 2 amide bonds. The maximum absolute atomic E-state index is 13.2. The minimum Gasteiger partial charge on any atom is -0.493 e. The molecule has 1 aliphatic rings. The van der Waals surface area contributed by atoms with Gasteiger partial charge in [-0.2, -0.15) is 0 Å². The second-order valence-electron chi connectivity index (χ2n) is 9.88. The first-order valence-corrected chi connectivity index (χ1v) is 13.8. The Morgan fingerprint density at radius 1 is 1.29 bits per heavy atom. The van der Waals surface area contributed by atoms with E-state index in [0.29, 0.717) is 66.3 Å². The molecule has 2 N–H and O–H groups in total. The number of aromatic nitrogens is 4. The number of rotatable bonds is 11. The van der Waals surface area contributed by atoms with Gasteiger partial charge in [-0.05, 0) is 57.7 Å². The van der Waals surface area contributed by atoms with Crippen LogP contribution in [0.25, 0.3) is 16.9 Å².